The van der Waals surface area contributed by atoms with E-state index < -0.39 is 5.97 Å². The number of rotatable bonds is 2. The van der Waals surface area contributed by atoms with Crippen LogP contribution >= 0.6 is 11.8 Å². The third-order valence-corrected chi connectivity index (χ3v) is 4.82. The van der Waals surface area contributed by atoms with E-state index in [9.17, 15) is 9.59 Å². The molecule has 1 saturated heterocycles. The number of amides is 1. The Kier molecular flexibility index (Phi) is 2.06. The lowest BCUT2D eigenvalue weighted by Crippen LogP contribution is -2.48. The Morgan fingerprint density at radius 3 is 2.69 bits per heavy atom. The van der Waals surface area contributed by atoms with Crippen LogP contribution in [0.15, 0.2) is 10.6 Å². The molecule has 2 heterocycles. The molecule has 0 aromatic carbocycles. The summed E-state index contributed by atoms with van der Waals surface area (Å²) in [5, 5.41) is 9.19. The minimum atomic E-state index is -0.987. The Labute approximate surface area is 96.7 Å². The molecule has 1 amide bonds. The Morgan fingerprint density at radius 2 is 2.19 bits per heavy atom. The molecule has 0 aromatic rings. The highest BCUT2D eigenvalue weighted by Crippen LogP contribution is 2.52. The highest BCUT2D eigenvalue weighted by atomic mass is 32.2. The molecule has 6 heteroatoms. The number of carbonyl (C=O) groups is 2. The number of hydrogen-bond donors (Lipinski definition) is 2. The Morgan fingerprint density at radius 1 is 1.50 bits per heavy atom. The molecular weight excluding hydrogens is 228 g/mol. The lowest BCUT2D eigenvalue weighted by molar-refractivity contribution is -0.145. The van der Waals surface area contributed by atoms with Crippen molar-refractivity contribution in [1.29, 1.82) is 0 Å². The van der Waals surface area contributed by atoms with Crippen LogP contribution in [0.25, 0.3) is 0 Å². The summed E-state index contributed by atoms with van der Waals surface area (Å²) in [6.07, 6.45) is 2.14. The number of allylic oxidation sites excluding steroid dienone is 1. The highest BCUT2D eigenvalue weighted by Gasteiger charge is 2.50. The van der Waals surface area contributed by atoms with E-state index in [2.05, 4.69) is 0 Å². The summed E-state index contributed by atoms with van der Waals surface area (Å²) < 4.78 is 0. The lowest BCUT2D eigenvalue weighted by atomic mass is 9.80. The third-order valence-electron chi connectivity index (χ3n) is 3.39. The topological polar surface area (TPSA) is 83.6 Å². The second kappa shape index (κ2) is 3.24. The van der Waals surface area contributed by atoms with Crippen LogP contribution in [0.1, 0.15) is 19.3 Å². The van der Waals surface area contributed by atoms with Crippen LogP contribution < -0.4 is 5.73 Å². The molecule has 0 spiro atoms. The fourth-order valence-electron chi connectivity index (χ4n) is 2.45. The fourth-order valence-corrected chi connectivity index (χ4v) is 3.97. The lowest BCUT2D eigenvalue weighted by Gasteiger charge is -2.33. The molecule has 1 atom stereocenters. The van der Waals surface area contributed by atoms with Crippen molar-refractivity contribution in [3.8, 4) is 0 Å². The van der Waals surface area contributed by atoms with Gasteiger partial charge in [-0.25, -0.2) is 4.79 Å². The number of fused-ring (bicyclic) bond motifs is 1. The van der Waals surface area contributed by atoms with Crippen molar-refractivity contribution in [3.63, 3.8) is 0 Å². The van der Waals surface area contributed by atoms with E-state index in [-0.39, 0.29) is 28.9 Å². The van der Waals surface area contributed by atoms with Gasteiger partial charge in [-0.1, -0.05) is 0 Å². The van der Waals surface area contributed by atoms with Gasteiger partial charge in [-0.2, -0.15) is 0 Å². The molecule has 0 bridgehead atoms. The first-order valence-corrected chi connectivity index (χ1v) is 6.17. The Hall–Kier alpha value is -1.01. The van der Waals surface area contributed by atoms with Crippen molar-refractivity contribution >= 4 is 23.6 Å². The van der Waals surface area contributed by atoms with E-state index in [1.165, 1.54) is 16.7 Å². The zero-order valence-corrected chi connectivity index (χ0v) is 9.37. The third kappa shape index (κ3) is 1.23. The summed E-state index contributed by atoms with van der Waals surface area (Å²) in [7, 11) is 0. The highest BCUT2D eigenvalue weighted by molar-refractivity contribution is 8.04. The summed E-state index contributed by atoms with van der Waals surface area (Å²) in [6.45, 7) is 0. The molecule has 86 valence electrons. The van der Waals surface area contributed by atoms with Crippen LogP contribution in [0.5, 0.6) is 0 Å². The summed E-state index contributed by atoms with van der Waals surface area (Å²) >= 11 is 1.53. The Balaban J connectivity index is 1.90. The fraction of sp³-hybridized carbons (Fsp3) is 0.600. The van der Waals surface area contributed by atoms with Gasteiger partial charge in [-0.05, 0) is 18.8 Å². The van der Waals surface area contributed by atoms with Crippen molar-refractivity contribution in [2.45, 2.75) is 30.7 Å². The van der Waals surface area contributed by atoms with Crippen LogP contribution in [-0.4, -0.2) is 33.3 Å². The van der Waals surface area contributed by atoms with Crippen LogP contribution in [0, 0.1) is 5.92 Å². The van der Waals surface area contributed by atoms with Gasteiger partial charge in [0.25, 0.3) is 0 Å². The SMILES string of the molecule is NC1CC(C2=C(C(=O)O)N3C(=O)C[C@H]3S2)C1. The van der Waals surface area contributed by atoms with Crippen LogP contribution in [-0.2, 0) is 9.59 Å². The van der Waals surface area contributed by atoms with Crippen molar-refractivity contribution in [3.05, 3.63) is 10.6 Å². The van der Waals surface area contributed by atoms with Crippen LogP contribution in [0.3, 0.4) is 0 Å². The average Bonchev–Trinajstić information content (AvgIpc) is 2.46. The number of thioether (sulfide) groups is 1. The molecule has 3 rings (SSSR count). The monoisotopic (exact) mass is 240 g/mol. The summed E-state index contributed by atoms with van der Waals surface area (Å²) in [4.78, 5) is 24.8. The molecule has 1 aliphatic carbocycles. The zero-order chi connectivity index (χ0) is 11.4. The van der Waals surface area contributed by atoms with Gasteiger partial charge in [0, 0.05) is 10.9 Å². The maximum absolute atomic E-state index is 11.4. The van der Waals surface area contributed by atoms with E-state index in [0.717, 1.165) is 17.7 Å². The minimum absolute atomic E-state index is 0.0328. The minimum Gasteiger partial charge on any atom is -0.477 e. The molecule has 16 heavy (non-hydrogen) atoms. The predicted octanol–water partition coefficient (Wildman–Crippen LogP) is 0.325. The van der Waals surface area contributed by atoms with E-state index in [4.69, 9.17) is 10.8 Å². The molecule has 0 unspecified atom stereocenters. The molecule has 5 nitrogen and oxygen atoms in total. The van der Waals surface area contributed by atoms with Gasteiger partial charge < -0.3 is 10.8 Å². The molecule has 0 aromatic heterocycles. The van der Waals surface area contributed by atoms with Gasteiger partial charge in [-0.3, -0.25) is 9.69 Å². The number of nitrogens with zero attached hydrogens (tertiary/aromatic N) is 1. The van der Waals surface area contributed by atoms with Gasteiger partial charge >= 0.3 is 5.97 Å². The maximum atomic E-state index is 11.4. The van der Waals surface area contributed by atoms with Gasteiger partial charge in [-0.15, -0.1) is 11.8 Å². The average molecular weight is 240 g/mol. The molecular formula is C10H12N2O3S. The number of β-lactam (4-membered cyclic amide) rings is 1. The number of carbonyl (C=O) groups excluding carboxylic acids is 1. The second-order valence-electron chi connectivity index (χ2n) is 4.49. The van der Waals surface area contributed by atoms with Gasteiger partial charge in [0.1, 0.15) is 5.70 Å². The first kappa shape index (κ1) is 10.2. The number of carboxylic acid groups (broad SMARTS) is 1. The zero-order valence-electron chi connectivity index (χ0n) is 8.55. The largest absolute Gasteiger partial charge is 0.477 e. The molecule has 0 radical (unpaired) electrons. The molecule has 2 fully saturated rings. The first-order valence-electron chi connectivity index (χ1n) is 5.29. The molecule has 2 aliphatic heterocycles. The number of hydrogen-bond acceptors (Lipinski definition) is 4. The standard InChI is InChI=1S/C10H12N2O3S/c11-5-1-4(2-5)9-8(10(14)15)12-6(13)3-7(12)16-9/h4-5,7H,1-3,11H2,(H,14,15)/t4?,5?,7-/m1/s1. The van der Waals surface area contributed by atoms with E-state index in [1.807, 2.05) is 0 Å². The van der Waals surface area contributed by atoms with E-state index >= 15 is 0 Å². The number of aliphatic carboxylic acids is 1. The normalized spacial score (nSPS) is 36.9. The van der Waals surface area contributed by atoms with Crippen molar-refractivity contribution in [1.82, 2.24) is 4.90 Å². The quantitative estimate of drug-likeness (QED) is 0.679. The predicted molar refractivity (Wildman–Crippen MR) is 58.2 cm³/mol. The number of carboxylic acids is 1. The summed E-state index contributed by atoms with van der Waals surface area (Å²) in [6, 6.07) is 0.192. The van der Waals surface area contributed by atoms with E-state index in [0.29, 0.717) is 6.42 Å². The van der Waals surface area contributed by atoms with Gasteiger partial charge in [0.15, 0.2) is 0 Å². The summed E-state index contributed by atoms with van der Waals surface area (Å²) in [5.74, 6) is -0.809. The maximum Gasteiger partial charge on any atom is 0.353 e. The van der Waals surface area contributed by atoms with Crippen molar-refractivity contribution in [2.75, 3.05) is 0 Å². The van der Waals surface area contributed by atoms with Gasteiger partial charge in [0.05, 0.1) is 11.8 Å². The van der Waals surface area contributed by atoms with Crippen molar-refractivity contribution in [2.24, 2.45) is 11.7 Å². The first-order chi connectivity index (χ1) is 7.58. The number of nitrogens with two attached hydrogens (primary N) is 1. The van der Waals surface area contributed by atoms with Crippen molar-refractivity contribution < 1.29 is 14.7 Å². The van der Waals surface area contributed by atoms with Gasteiger partial charge in [0.2, 0.25) is 5.91 Å². The molecule has 1 saturated carbocycles. The van der Waals surface area contributed by atoms with Crippen LogP contribution in [0.4, 0.5) is 0 Å². The Bertz CT molecular complexity index is 414. The van der Waals surface area contributed by atoms with E-state index in [1.54, 1.807) is 0 Å². The molecule has 3 N–H and O–H groups in total. The van der Waals surface area contributed by atoms with Crippen LogP contribution in [0.2, 0.25) is 0 Å². The molecule has 3 aliphatic rings. The summed E-state index contributed by atoms with van der Waals surface area (Å²) in [5.41, 5.74) is 5.92. The smallest absolute Gasteiger partial charge is 0.353 e. The second-order valence-corrected chi connectivity index (χ2v) is 5.71.